The SMILES string of the molecule is O=C(O)C1(Nc2ccc(F)cc2)CCOCC1. The van der Waals surface area contributed by atoms with E-state index in [2.05, 4.69) is 5.32 Å². The predicted molar refractivity (Wildman–Crippen MR) is 60.4 cm³/mol. The van der Waals surface area contributed by atoms with Gasteiger partial charge in [-0.05, 0) is 24.3 Å². The van der Waals surface area contributed by atoms with Gasteiger partial charge in [-0.15, -0.1) is 0 Å². The molecule has 0 spiro atoms. The first-order valence-electron chi connectivity index (χ1n) is 5.47. The van der Waals surface area contributed by atoms with Gasteiger partial charge in [0.05, 0.1) is 0 Å². The largest absolute Gasteiger partial charge is 0.480 e. The number of carbonyl (C=O) groups is 1. The maximum Gasteiger partial charge on any atom is 0.329 e. The van der Waals surface area contributed by atoms with E-state index in [-0.39, 0.29) is 5.82 Å². The summed E-state index contributed by atoms with van der Waals surface area (Å²) in [6.45, 7) is 0.834. The van der Waals surface area contributed by atoms with E-state index in [9.17, 15) is 14.3 Å². The third kappa shape index (κ3) is 2.55. The summed E-state index contributed by atoms with van der Waals surface area (Å²) in [4.78, 5) is 11.4. The van der Waals surface area contributed by atoms with Crippen LogP contribution in [0.15, 0.2) is 24.3 Å². The highest BCUT2D eigenvalue weighted by molar-refractivity contribution is 5.83. The molecule has 1 fully saturated rings. The lowest BCUT2D eigenvalue weighted by atomic mass is 9.90. The molecule has 0 aliphatic carbocycles. The van der Waals surface area contributed by atoms with Crippen LogP contribution < -0.4 is 5.32 Å². The molecule has 0 amide bonds. The van der Waals surface area contributed by atoms with Crippen molar-refractivity contribution in [2.45, 2.75) is 18.4 Å². The molecular weight excluding hydrogens is 225 g/mol. The van der Waals surface area contributed by atoms with Crippen molar-refractivity contribution in [2.75, 3.05) is 18.5 Å². The standard InChI is InChI=1S/C12H14FNO3/c13-9-1-3-10(4-2-9)14-12(11(15)16)5-7-17-8-6-12/h1-4,14H,5-8H2,(H,15,16). The summed E-state index contributed by atoms with van der Waals surface area (Å²) in [5.74, 6) is -1.24. The zero-order chi connectivity index (χ0) is 12.3. The number of hydrogen-bond acceptors (Lipinski definition) is 3. The molecule has 1 aromatic carbocycles. The van der Waals surface area contributed by atoms with Crippen molar-refractivity contribution in [2.24, 2.45) is 0 Å². The lowest BCUT2D eigenvalue weighted by molar-refractivity contribution is -0.145. The number of ether oxygens (including phenoxy) is 1. The van der Waals surface area contributed by atoms with Crippen LogP contribution in [-0.4, -0.2) is 29.8 Å². The van der Waals surface area contributed by atoms with E-state index in [1.54, 1.807) is 0 Å². The minimum absolute atomic E-state index is 0.341. The Morgan fingerprint density at radius 3 is 2.41 bits per heavy atom. The molecule has 5 heteroatoms. The fraction of sp³-hybridized carbons (Fsp3) is 0.417. The first-order chi connectivity index (χ1) is 8.12. The van der Waals surface area contributed by atoms with Crippen molar-refractivity contribution in [1.29, 1.82) is 0 Å². The fourth-order valence-electron chi connectivity index (χ4n) is 1.92. The van der Waals surface area contributed by atoms with Crippen molar-refractivity contribution in [3.8, 4) is 0 Å². The van der Waals surface area contributed by atoms with E-state index in [1.807, 2.05) is 0 Å². The van der Waals surface area contributed by atoms with Crippen molar-refractivity contribution in [3.63, 3.8) is 0 Å². The lowest BCUT2D eigenvalue weighted by Gasteiger charge is -2.34. The molecule has 1 aliphatic rings. The number of hydrogen-bond donors (Lipinski definition) is 2. The summed E-state index contributed by atoms with van der Waals surface area (Å²) < 4.78 is 17.9. The molecule has 1 saturated heterocycles. The van der Waals surface area contributed by atoms with Gasteiger partial charge < -0.3 is 15.2 Å². The van der Waals surface area contributed by atoms with Gasteiger partial charge in [-0.3, -0.25) is 0 Å². The Kier molecular flexibility index (Phi) is 3.28. The Hall–Kier alpha value is -1.62. The van der Waals surface area contributed by atoms with Gasteiger partial charge in [0.1, 0.15) is 11.4 Å². The minimum Gasteiger partial charge on any atom is -0.480 e. The van der Waals surface area contributed by atoms with Crippen molar-refractivity contribution in [3.05, 3.63) is 30.1 Å². The topological polar surface area (TPSA) is 58.6 Å². The van der Waals surface area contributed by atoms with Crippen molar-refractivity contribution in [1.82, 2.24) is 0 Å². The Balaban J connectivity index is 2.17. The second-order valence-electron chi connectivity index (χ2n) is 4.13. The highest BCUT2D eigenvalue weighted by Gasteiger charge is 2.40. The van der Waals surface area contributed by atoms with Crippen LogP contribution in [0.3, 0.4) is 0 Å². The summed E-state index contributed by atoms with van der Waals surface area (Å²) in [5, 5.41) is 12.3. The maximum atomic E-state index is 12.8. The molecule has 1 aliphatic heterocycles. The van der Waals surface area contributed by atoms with E-state index in [0.717, 1.165) is 0 Å². The molecule has 0 unspecified atom stereocenters. The number of nitrogens with one attached hydrogen (secondary N) is 1. The Labute approximate surface area is 98.4 Å². The summed E-state index contributed by atoms with van der Waals surface area (Å²) in [5.41, 5.74) is -0.397. The number of rotatable bonds is 3. The van der Waals surface area contributed by atoms with Gasteiger partial charge in [0.2, 0.25) is 0 Å². The van der Waals surface area contributed by atoms with E-state index in [0.29, 0.717) is 31.7 Å². The smallest absolute Gasteiger partial charge is 0.329 e. The zero-order valence-corrected chi connectivity index (χ0v) is 9.28. The highest BCUT2D eigenvalue weighted by atomic mass is 19.1. The van der Waals surface area contributed by atoms with Crippen LogP contribution in [0, 0.1) is 5.82 Å². The molecule has 1 aromatic rings. The first-order valence-corrected chi connectivity index (χ1v) is 5.47. The quantitative estimate of drug-likeness (QED) is 0.845. The molecule has 2 N–H and O–H groups in total. The molecule has 0 atom stereocenters. The van der Waals surface area contributed by atoms with Gasteiger partial charge >= 0.3 is 5.97 Å². The van der Waals surface area contributed by atoms with Crippen LogP contribution in [0.1, 0.15) is 12.8 Å². The van der Waals surface area contributed by atoms with Crippen molar-refractivity contribution >= 4 is 11.7 Å². The number of halogens is 1. The van der Waals surface area contributed by atoms with E-state index in [1.165, 1.54) is 24.3 Å². The summed E-state index contributed by atoms with van der Waals surface area (Å²) >= 11 is 0. The molecule has 0 saturated carbocycles. The molecular formula is C12H14FNO3. The zero-order valence-electron chi connectivity index (χ0n) is 9.28. The number of aliphatic carboxylic acids is 1. The number of benzene rings is 1. The van der Waals surface area contributed by atoms with E-state index >= 15 is 0 Å². The van der Waals surface area contributed by atoms with Crippen LogP contribution in [0.5, 0.6) is 0 Å². The number of anilines is 1. The molecule has 4 nitrogen and oxygen atoms in total. The van der Waals surface area contributed by atoms with Gasteiger partial charge in [-0.25, -0.2) is 9.18 Å². The van der Waals surface area contributed by atoms with Gasteiger partial charge in [-0.1, -0.05) is 0 Å². The van der Waals surface area contributed by atoms with Crippen LogP contribution in [-0.2, 0) is 9.53 Å². The molecule has 1 heterocycles. The average Bonchev–Trinajstić information content (AvgIpc) is 2.33. The molecule has 17 heavy (non-hydrogen) atoms. The number of carboxylic acids is 1. The Morgan fingerprint density at radius 1 is 1.29 bits per heavy atom. The van der Waals surface area contributed by atoms with E-state index in [4.69, 9.17) is 4.74 Å². The minimum atomic E-state index is -1.00. The summed E-state index contributed by atoms with van der Waals surface area (Å²) in [6.07, 6.45) is 0.805. The lowest BCUT2D eigenvalue weighted by Crippen LogP contribution is -2.50. The first kappa shape index (κ1) is 11.9. The molecule has 0 bridgehead atoms. The third-order valence-electron chi connectivity index (χ3n) is 2.98. The van der Waals surface area contributed by atoms with Crippen LogP contribution in [0.25, 0.3) is 0 Å². The molecule has 0 aromatic heterocycles. The van der Waals surface area contributed by atoms with Crippen molar-refractivity contribution < 1.29 is 19.0 Å². The van der Waals surface area contributed by atoms with Crippen LogP contribution >= 0.6 is 0 Å². The van der Waals surface area contributed by atoms with Crippen LogP contribution in [0.2, 0.25) is 0 Å². The molecule has 2 rings (SSSR count). The van der Waals surface area contributed by atoms with E-state index < -0.39 is 11.5 Å². The van der Waals surface area contributed by atoms with Gasteiger partial charge in [0.15, 0.2) is 0 Å². The molecule has 92 valence electrons. The third-order valence-corrected chi connectivity index (χ3v) is 2.98. The van der Waals surface area contributed by atoms with Gasteiger partial charge in [0, 0.05) is 31.7 Å². The summed E-state index contributed by atoms with van der Waals surface area (Å²) in [7, 11) is 0. The molecule has 0 radical (unpaired) electrons. The number of carboxylic acid groups (broad SMARTS) is 1. The predicted octanol–water partition coefficient (Wildman–Crippen LogP) is 1.87. The average molecular weight is 239 g/mol. The second kappa shape index (κ2) is 4.71. The Bertz CT molecular complexity index is 399. The van der Waals surface area contributed by atoms with Crippen LogP contribution in [0.4, 0.5) is 10.1 Å². The fourth-order valence-corrected chi connectivity index (χ4v) is 1.92. The normalized spacial score (nSPS) is 18.6. The van der Waals surface area contributed by atoms with Gasteiger partial charge in [0.25, 0.3) is 0 Å². The highest BCUT2D eigenvalue weighted by Crippen LogP contribution is 2.26. The monoisotopic (exact) mass is 239 g/mol. The van der Waals surface area contributed by atoms with Gasteiger partial charge in [-0.2, -0.15) is 0 Å². The summed E-state index contributed by atoms with van der Waals surface area (Å²) in [6, 6.07) is 5.68. The maximum absolute atomic E-state index is 12.8. The second-order valence-corrected chi connectivity index (χ2v) is 4.13. The Morgan fingerprint density at radius 2 is 1.88 bits per heavy atom.